The van der Waals surface area contributed by atoms with Crippen LogP contribution in [0.2, 0.25) is 0 Å². The molecule has 1 saturated carbocycles. The second kappa shape index (κ2) is 6.55. The summed E-state index contributed by atoms with van der Waals surface area (Å²) in [5.74, 6) is 0.995. The standard InChI is InChI=1S/C22H26N2O/c1-16-7-6-10-21(17(16)2)23-11-13-24(14-12-23)22(25)20-15-19(20)18-8-4-3-5-9-18/h3-10,19-20H,11-15H2,1-2H3. The highest BCUT2D eigenvalue weighted by Gasteiger charge is 2.45. The van der Waals surface area contributed by atoms with Crippen molar-refractivity contribution in [3.8, 4) is 0 Å². The summed E-state index contributed by atoms with van der Waals surface area (Å²) >= 11 is 0. The van der Waals surface area contributed by atoms with Crippen LogP contribution in [-0.2, 0) is 4.79 Å². The summed E-state index contributed by atoms with van der Waals surface area (Å²) < 4.78 is 0. The monoisotopic (exact) mass is 334 g/mol. The Labute approximate surface area is 150 Å². The Morgan fingerprint density at radius 3 is 2.36 bits per heavy atom. The van der Waals surface area contributed by atoms with Gasteiger partial charge in [0.2, 0.25) is 5.91 Å². The lowest BCUT2D eigenvalue weighted by atomic mass is 10.1. The zero-order chi connectivity index (χ0) is 17.4. The number of amides is 1. The summed E-state index contributed by atoms with van der Waals surface area (Å²) in [4.78, 5) is 17.3. The molecule has 1 aliphatic heterocycles. The van der Waals surface area contributed by atoms with Gasteiger partial charge in [0, 0.05) is 37.8 Å². The van der Waals surface area contributed by atoms with E-state index in [9.17, 15) is 4.79 Å². The van der Waals surface area contributed by atoms with Crippen LogP contribution in [0, 0.1) is 19.8 Å². The number of carbonyl (C=O) groups is 1. The Hall–Kier alpha value is -2.29. The second-order valence-electron chi connectivity index (χ2n) is 7.39. The van der Waals surface area contributed by atoms with Gasteiger partial charge in [0.1, 0.15) is 0 Å². The lowest BCUT2D eigenvalue weighted by Crippen LogP contribution is -2.49. The third-order valence-electron chi connectivity index (χ3n) is 5.84. The molecule has 2 aliphatic rings. The number of aryl methyl sites for hydroxylation is 1. The number of nitrogens with zero attached hydrogens (tertiary/aromatic N) is 2. The summed E-state index contributed by atoms with van der Waals surface area (Å²) in [6.07, 6.45) is 1.01. The summed E-state index contributed by atoms with van der Waals surface area (Å²) in [5, 5.41) is 0. The first-order valence-electron chi connectivity index (χ1n) is 9.30. The van der Waals surface area contributed by atoms with Gasteiger partial charge in [-0.05, 0) is 48.9 Å². The molecule has 3 nitrogen and oxygen atoms in total. The van der Waals surface area contributed by atoms with Gasteiger partial charge in [0.15, 0.2) is 0 Å². The van der Waals surface area contributed by atoms with Gasteiger partial charge in [-0.3, -0.25) is 4.79 Å². The highest BCUT2D eigenvalue weighted by Crippen LogP contribution is 2.48. The van der Waals surface area contributed by atoms with E-state index in [0.717, 1.165) is 32.6 Å². The number of benzene rings is 2. The summed E-state index contributed by atoms with van der Waals surface area (Å²) in [6, 6.07) is 17.0. The normalized spacial score (nSPS) is 22.8. The Balaban J connectivity index is 1.36. The largest absolute Gasteiger partial charge is 0.368 e. The van der Waals surface area contributed by atoms with E-state index >= 15 is 0 Å². The molecule has 0 spiro atoms. The van der Waals surface area contributed by atoms with Crippen LogP contribution in [0.15, 0.2) is 48.5 Å². The molecule has 0 radical (unpaired) electrons. The zero-order valence-electron chi connectivity index (χ0n) is 15.1. The van der Waals surface area contributed by atoms with Gasteiger partial charge in [-0.2, -0.15) is 0 Å². The quantitative estimate of drug-likeness (QED) is 0.853. The molecule has 0 N–H and O–H groups in total. The maximum Gasteiger partial charge on any atom is 0.226 e. The van der Waals surface area contributed by atoms with Crippen LogP contribution in [-0.4, -0.2) is 37.0 Å². The predicted octanol–water partition coefficient (Wildman–Crippen LogP) is 3.76. The minimum absolute atomic E-state index is 0.203. The van der Waals surface area contributed by atoms with Crippen LogP contribution in [0.5, 0.6) is 0 Å². The van der Waals surface area contributed by atoms with Crippen molar-refractivity contribution in [3.63, 3.8) is 0 Å². The molecular weight excluding hydrogens is 308 g/mol. The van der Waals surface area contributed by atoms with E-state index in [-0.39, 0.29) is 5.92 Å². The lowest BCUT2D eigenvalue weighted by molar-refractivity contribution is -0.132. The molecular formula is C22H26N2O. The van der Waals surface area contributed by atoms with E-state index < -0.39 is 0 Å². The van der Waals surface area contributed by atoms with Crippen LogP contribution in [0.4, 0.5) is 5.69 Å². The first-order chi connectivity index (χ1) is 12.1. The number of piperazine rings is 1. The first kappa shape index (κ1) is 16.2. The fourth-order valence-electron chi connectivity index (χ4n) is 4.02. The fourth-order valence-corrected chi connectivity index (χ4v) is 4.02. The van der Waals surface area contributed by atoms with Crippen molar-refractivity contribution in [2.24, 2.45) is 5.92 Å². The fraction of sp³-hybridized carbons (Fsp3) is 0.409. The molecule has 3 heteroatoms. The van der Waals surface area contributed by atoms with Gasteiger partial charge in [0.05, 0.1) is 0 Å². The smallest absolute Gasteiger partial charge is 0.226 e. The lowest BCUT2D eigenvalue weighted by Gasteiger charge is -2.37. The topological polar surface area (TPSA) is 23.6 Å². The molecule has 1 aliphatic carbocycles. The van der Waals surface area contributed by atoms with Crippen LogP contribution in [0.1, 0.15) is 29.0 Å². The number of hydrogen-bond donors (Lipinski definition) is 0. The molecule has 1 amide bonds. The number of anilines is 1. The molecule has 2 fully saturated rings. The van der Waals surface area contributed by atoms with E-state index in [1.54, 1.807) is 0 Å². The third kappa shape index (κ3) is 3.15. The highest BCUT2D eigenvalue weighted by molar-refractivity contribution is 5.83. The summed E-state index contributed by atoms with van der Waals surface area (Å²) in [5.41, 5.74) is 5.32. The van der Waals surface area contributed by atoms with Gasteiger partial charge < -0.3 is 9.80 Å². The highest BCUT2D eigenvalue weighted by atomic mass is 16.2. The SMILES string of the molecule is Cc1cccc(N2CCN(C(=O)C3CC3c3ccccc3)CC2)c1C. The molecule has 0 bridgehead atoms. The van der Waals surface area contributed by atoms with Crippen molar-refractivity contribution in [1.82, 2.24) is 4.90 Å². The third-order valence-corrected chi connectivity index (χ3v) is 5.84. The minimum Gasteiger partial charge on any atom is -0.368 e. The molecule has 2 unspecified atom stereocenters. The van der Waals surface area contributed by atoms with E-state index in [4.69, 9.17) is 0 Å². The molecule has 25 heavy (non-hydrogen) atoms. The Kier molecular flexibility index (Phi) is 4.24. The molecule has 2 atom stereocenters. The average molecular weight is 334 g/mol. The van der Waals surface area contributed by atoms with Crippen LogP contribution in [0.3, 0.4) is 0 Å². The van der Waals surface area contributed by atoms with Gasteiger partial charge in [-0.15, -0.1) is 0 Å². The van der Waals surface area contributed by atoms with Crippen LogP contribution < -0.4 is 4.90 Å². The molecule has 2 aromatic rings. The zero-order valence-corrected chi connectivity index (χ0v) is 15.1. The van der Waals surface area contributed by atoms with E-state index in [0.29, 0.717) is 11.8 Å². The summed E-state index contributed by atoms with van der Waals surface area (Å²) in [7, 11) is 0. The maximum atomic E-state index is 12.8. The van der Waals surface area contributed by atoms with Crippen molar-refractivity contribution in [3.05, 3.63) is 65.2 Å². The van der Waals surface area contributed by atoms with E-state index in [2.05, 4.69) is 66.1 Å². The maximum absolute atomic E-state index is 12.8. The number of hydrogen-bond acceptors (Lipinski definition) is 2. The molecule has 1 saturated heterocycles. The Morgan fingerprint density at radius 2 is 1.64 bits per heavy atom. The van der Waals surface area contributed by atoms with Crippen molar-refractivity contribution in [2.75, 3.05) is 31.1 Å². The first-order valence-corrected chi connectivity index (χ1v) is 9.30. The minimum atomic E-state index is 0.203. The van der Waals surface area contributed by atoms with Crippen molar-refractivity contribution in [2.45, 2.75) is 26.2 Å². The predicted molar refractivity (Wildman–Crippen MR) is 102 cm³/mol. The van der Waals surface area contributed by atoms with Crippen molar-refractivity contribution >= 4 is 11.6 Å². The van der Waals surface area contributed by atoms with Crippen molar-refractivity contribution in [1.29, 1.82) is 0 Å². The van der Waals surface area contributed by atoms with E-state index in [1.807, 2.05) is 6.07 Å². The Morgan fingerprint density at radius 1 is 0.920 bits per heavy atom. The number of carbonyl (C=O) groups excluding carboxylic acids is 1. The van der Waals surface area contributed by atoms with Gasteiger partial charge in [-0.1, -0.05) is 42.5 Å². The van der Waals surface area contributed by atoms with Crippen LogP contribution in [0.25, 0.3) is 0 Å². The molecule has 0 aromatic heterocycles. The summed E-state index contributed by atoms with van der Waals surface area (Å²) in [6.45, 7) is 7.89. The van der Waals surface area contributed by atoms with Crippen molar-refractivity contribution < 1.29 is 4.79 Å². The second-order valence-corrected chi connectivity index (χ2v) is 7.39. The van der Waals surface area contributed by atoms with E-state index in [1.165, 1.54) is 22.4 Å². The average Bonchev–Trinajstić information content (AvgIpc) is 3.45. The van der Waals surface area contributed by atoms with Gasteiger partial charge >= 0.3 is 0 Å². The van der Waals surface area contributed by atoms with Gasteiger partial charge in [-0.25, -0.2) is 0 Å². The van der Waals surface area contributed by atoms with Gasteiger partial charge in [0.25, 0.3) is 0 Å². The number of rotatable bonds is 3. The molecule has 2 aromatic carbocycles. The Bertz CT molecular complexity index is 763. The molecule has 1 heterocycles. The molecule has 130 valence electrons. The molecule has 4 rings (SSSR count). The van der Waals surface area contributed by atoms with Crippen LogP contribution >= 0.6 is 0 Å².